The maximum atomic E-state index is 12.5. The van der Waals surface area contributed by atoms with Gasteiger partial charge in [-0.05, 0) is 42.3 Å². The van der Waals surface area contributed by atoms with Crippen LogP contribution in [0.15, 0.2) is 59.8 Å². The summed E-state index contributed by atoms with van der Waals surface area (Å²) in [7, 11) is -1.73. The van der Waals surface area contributed by atoms with Crippen LogP contribution in [0.2, 0.25) is 0 Å². The molecule has 0 saturated carbocycles. The third-order valence-corrected chi connectivity index (χ3v) is 5.54. The molecular weight excluding hydrogens is 348 g/mol. The maximum Gasteiger partial charge on any atom is 0.240 e. The SMILES string of the molecule is CCCc1ccc(S(=O)(=O)NCc2cc(-c3ccncc3)n(C)n2)cc1. The molecule has 2 aromatic heterocycles. The minimum absolute atomic E-state index is 0.137. The lowest BCUT2D eigenvalue weighted by Gasteiger charge is -2.06. The fourth-order valence-electron chi connectivity index (χ4n) is 2.78. The van der Waals surface area contributed by atoms with Crippen LogP contribution >= 0.6 is 0 Å². The van der Waals surface area contributed by atoms with Crippen molar-refractivity contribution in [2.24, 2.45) is 7.05 Å². The summed E-state index contributed by atoms with van der Waals surface area (Å²) in [4.78, 5) is 4.27. The Labute approximate surface area is 154 Å². The number of aromatic nitrogens is 3. The quantitative estimate of drug-likeness (QED) is 0.694. The van der Waals surface area contributed by atoms with Crippen LogP contribution < -0.4 is 4.72 Å². The number of nitrogens with one attached hydrogen (secondary N) is 1. The molecule has 26 heavy (non-hydrogen) atoms. The van der Waals surface area contributed by atoms with Gasteiger partial charge in [0, 0.05) is 25.0 Å². The molecule has 0 unspecified atom stereocenters. The molecule has 0 aliphatic heterocycles. The van der Waals surface area contributed by atoms with E-state index in [0.717, 1.165) is 29.7 Å². The summed E-state index contributed by atoms with van der Waals surface area (Å²) in [6.07, 6.45) is 5.41. The fraction of sp³-hybridized carbons (Fsp3) is 0.263. The molecule has 0 spiro atoms. The van der Waals surface area contributed by atoms with Crippen molar-refractivity contribution in [1.82, 2.24) is 19.5 Å². The van der Waals surface area contributed by atoms with E-state index < -0.39 is 10.0 Å². The number of rotatable bonds is 7. The molecule has 0 radical (unpaired) electrons. The van der Waals surface area contributed by atoms with Crippen molar-refractivity contribution in [2.45, 2.75) is 31.2 Å². The van der Waals surface area contributed by atoms with E-state index in [2.05, 4.69) is 21.7 Å². The molecule has 1 aromatic carbocycles. The highest BCUT2D eigenvalue weighted by molar-refractivity contribution is 7.89. The van der Waals surface area contributed by atoms with Crippen LogP contribution in [0.25, 0.3) is 11.3 Å². The summed E-state index contributed by atoms with van der Waals surface area (Å²) in [5.74, 6) is 0. The number of sulfonamides is 1. The van der Waals surface area contributed by atoms with Crippen LogP contribution in [0.5, 0.6) is 0 Å². The van der Waals surface area contributed by atoms with Crippen molar-refractivity contribution in [2.75, 3.05) is 0 Å². The van der Waals surface area contributed by atoms with Gasteiger partial charge in [-0.3, -0.25) is 9.67 Å². The molecule has 0 saturated heterocycles. The van der Waals surface area contributed by atoms with E-state index in [1.54, 1.807) is 29.2 Å². The highest BCUT2D eigenvalue weighted by Crippen LogP contribution is 2.19. The summed E-state index contributed by atoms with van der Waals surface area (Å²) in [5, 5.41) is 4.39. The van der Waals surface area contributed by atoms with Gasteiger partial charge in [-0.25, -0.2) is 13.1 Å². The van der Waals surface area contributed by atoms with Gasteiger partial charge in [0.05, 0.1) is 22.8 Å². The molecule has 0 aliphatic carbocycles. The Morgan fingerprint density at radius 1 is 1.08 bits per heavy atom. The first-order valence-corrected chi connectivity index (χ1v) is 10.00. The highest BCUT2D eigenvalue weighted by Gasteiger charge is 2.15. The molecule has 3 aromatic rings. The van der Waals surface area contributed by atoms with Crippen molar-refractivity contribution in [3.63, 3.8) is 0 Å². The Kier molecular flexibility index (Phi) is 5.49. The molecule has 3 rings (SSSR count). The first-order chi connectivity index (χ1) is 12.5. The van der Waals surface area contributed by atoms with Crippen molar-refractivity contribution < 1.29 is 8.42 Å². The Hall–Kier alpha value is -2.51. The maximum absolute atomic E-state index is 12.5. The molecule has 0 amide bonds. The summed E-state index contributed by atoms with van der Waals surface area (Å²) < 4.78 is 29.3. The van der Waals surface area contributed by atoms with E-state index in [-0.39, 0.29) is 11.4 Å². The van der Waals surface area contributed by atoms with Gasteiger partial charge in [-0.15, -0.1) is 0 Å². The first-order valence-electron chi connectivity index (χ1n) is 8.51. The Balaban J connectivity index is 1.72. The fourth-order valence-corrected chi connectivity index (χ4v) is 3.78. The molecule has 7 heteroatoms. The predicted molar refractivity (Wildman–Crippen MR) is 101 cm³/mol. The monoisotopic (exact) mass is 370 g/mol. The summed E-state index contributed by atoms with van der Waals surface area (Å²) in [5.41, 5.74) is 3.68. The Morgan fingerprint density at radius 3 is 2.42 bits per heavy atom. The second-order valence-electron chi connectivity index (χ2n) is 6.10. The molecular formula is C19H22N4O2S. The molecule has 0 fully saturated rings. The van der Waals surface area contributed by atoms with E-state index in [9.17, 15) is 8.42 Å². The Bertz CT molecular complexity index is 965. The van der Waals surface area contributed by atoms with E-state index in [4.69, 9.17) is 0 Å². The van der Waals surface area contributed by atoms with Gasteiger partial charge >= 0.3 is 0 Å². The molecule has 6 nitrogen and oxygen atoms in total. The second-order valence-corrected chi connectivity index (χ2v) is 7.87. The highest BCUT2D eigenvalue weighted by atomic mass is 32.2. The first kappa shape index (κ1) is 18.3. The van der Waals surface area contributed by atoms with Gasteiger partial charge in [0.2, 0.25) is 10.0 Å². The van der Waals surface area contributed by atoms with Gasteiger partial charge in [-0.2, -0.15) is 5.10 Å². The average molecular weight is 370 g/mol. The van der Waals surface area contributed by atoms with E-state index >= 15 is 0 Å². The molecule has 0 atom stereocenters. The number of pyridine rings is 1. The average Bonchev–Trinajstić information content (AvgIpc) is 3.02. The molecule has 1 N–H and O–H groups in total. The standard InChI is InChI=1S/C19H22N4O2S/c1-3-4-15-5-7-18(8-6-15)26(24,25)21-14-17-13-19(23(2)22-17)16-9-11-20-12-10-16/h5-13,21H,3-4,14H2,1-2H3. The van der Waals surface area contributed by atoms with E-state index in [1.807, 2.05) is 37.4 Å². The van der Waals surface area contributed by atoms with Crippen LogP contribution in [0.3, 0.4) is 0 Å². The van der Waals surface area contributed by atoms with E-state index in [0.29, 0.717) is 5.69 Å². The van der Waals surface area contributed by atoms with Gasteiger partial charge in [-0.1, -0.05) is 25.5 Å². The zero-order valence-corrected chi connectivity index (χ0v) is 15.7. The molecule has 0 aliphatic rings. The summed E-state index contributed by atoms with van der Waals surface area (Å²) in [6.45, 7) is 2.23. The lowest BCUT2D eigenvalue weighted by atomic mass is 10.1. The third-order valence-electron chi connectivity index (χ3n) is 4.12. The normalized spacial score (nSPS) is 11.6. The molecule has 2 heterocycles. The van der Waals surface area contributed by atoms with Crippen LogP contribution in [-0.2, 0) is 30.0 Å². The lowest BCUT2D eigenvalue weighted by molar-refractivity contribution is 0.579. The van der Waals surface area contributed by atoms with Gasteiger partial charge in [0.15, 0.2) is 0 Å². The number of hydrogen-bond acceptors (Lipinski definition) is 4. The zero-order chi connectivity index (χ0) is 18.6. The van der Waals surface area contributed by atoms with Crippen molar-refractivity contribution >= 4 is 10.0 Å². The minimum Gasteiger partial charge on any atom is -0.268 e. The topological polar surface area (TPSA) is 76.9 Å². The predicted octanol–water partition coefficient (Wildman–Crippen LogP) is 2.91. The second kappa shape index (κ2) is 7.80. The lowest BCUT2D eigenvalue weighted by Crippen LogP contribution is -2.23. The summed E-state index contributed by atoms with van der Waals surface area (Å²) in [6, 6.07) is 12.7. The van der Waals surface area contributed by atoms with E-state index in [1.165, 1.54) is 0 Å². The molecule has 0 bridgehead atoms. The zero-order valence-electron chi connectivity index (χ0n) is 14.9. The number of nitrogens with zero attached hydrogens (tertiary/aromatic N) is 3. The van der Waals surface area contributed by atoms with Gasteiger partial charge in [0.25, 0.3) is 0 Å². The van der Waals surface area contributed by atoms with Crippen LogP contribution in [0.1, 0.15) is 24.6 Å². The van der Waals surface area contributed by atoms with Crippen LogP contribution in [-0.4, -0.2) is 23.2 Å². The molecule has 136 valence electrons. The van der Waals surface area contributed by atoms with Crippen LogP contribution in [0, 0.1) is 0 Å². The van der Waals surface area contributed by atoms with Crippen molar-refractivity contribution in [3.05, 3.63) is 66.1 Å². The minimum atomic E-state index is -3.57. The van der Waals surface area contributed by atoms with Crippen LogP contribution in [0.4, 0.5) is 0 Å². The smallest absolute Gasteiger partial charge is 0.240 e. The van der Waals surface area contributed by atoms with Gasteiger partial charge < -0.3 is 0 Å². The Morgan fingerprint density at radius 2 is 1.77 bits per heavy atom. The van der Waals surface area contributed by atoms with Crippen molar-refractivity contribution in [1.29, 1.82) is 0 Å². The number of benzene rings is 1. The number of hydrogen-bond donors (Lipinski definition) is 1. The third kappa shape index (κ3) is 4.17. The summed E-state index contributed by atoms with van der Waals surface area (Å²) >= 11 is 0. The number of aryl methyl sites for hydroxylation is 2. The van der Waals surface area contributed by atoms with Crippen molar-refractivity contribution in [3.8, 4) is 11.3 Å². The largest absolute Gasteiger partial charge is 0.268 e. The van der Waals surface area contributed by atoms with Gasteiger partial charge in [0.1, 0.15) is 0 Å².